The van der Waals surface area contributed by atoms with Crippen LogP contribution in [0.4, 0.5) is 22.9 Å². The van der Waals surface area contributed by atoms with Crippen LogP contribution < -0.4 is 15.1 Å². The molecule has 1 N–H and O–H groups in total. The van der Waals surface area contributed by atoms with Crippen LogP contribution in [0.15, 0.2) is 48.7 Å². The van der Waals surface area contributed by atoms with E-state index in [1.165, 1.54) is 11.3 Å². The number of anilines is 4. The van der Waals surface area contributed by atoms with E-state index in [1.807, 2.05) is 36.3 Å². The zero-order valence-corrected chi connectivity index (χ0v) is 18.6. The SMILES string of the molecule is Cc1ccc(N2CCC(C(=O)N3Cc4cnn(C)c4Nc4cc(Cl)ccc43)CC2)cc1. The van der Waals surface area contributed by atoms with Gasteiger partial charge in [0.1, 0.15) is 5.82 Å². The molecule has 7 heteroatoms. The third-order valence-corrected chi connectivity index (χ3v) is 6.59. The molecule has 3 aromatic rings. The van der Waals surface area contributed by atoms with Gasteiger partial charge >= 0.3 is 0 Å². The topological polar surface area (TPSA) is 53.4 Å². The molecule has 2 aromatic carbocycles. The van der Waals surface area contributed by atoms with Gasteiger partial charge in [0.15, 0.2) is 0 Å². The Labute approximate surface area is 187 Å². The number of nitrogens with one attached hydrogen (secondary N) is 1. The third-order valence-electron chi connectivity index (χ3n) is 6.35. The monoisotopic (exact) mass is 435 g/mol. The van der Waals surface area contributed by atoms with Crippen LogP contribution in [0, 0.1) is 12.8 Å². The summed E-state index contributed by atoms with van der Waals surface area (Å²) in [5, 5.41) is 8.43. The first kappa shape index (κ1) is 19.9. The Bertz CT molecular complexity index is 1120. The molecular formula is C24H26ClN5O. The predicted octanol–water partition coefficient (Wildman–Crippen LogP) is 4.89. The second-order valence-corrected chi connectivity index (χ2v) is 8.89. The van der Waals surface area contributed by atoms with E-state index in [1.54, 1.807) is 4.68 Å². The number of benzene rings is 2. The number of fused-ring (bicyclic) bond motifs is 2. The molecule has 0 radical (unpaired) electrons. The molecule has 1 saturated heterocycles. The lowest BCUT2D eigenvalue weighted by atomic mass is 9.94. The van der Waals surface area contributed by atoms with Crippen LogP contribution in [0.1, 0.15) is 24.0 Å². The largest absolute Gasteiger partial charge is 0.371 e. The van der Waals surface area contributed by atoms with Gasteiger partial charge in [-0.2, -0.15) is 5.10 Å². The lowest BCUT2D eigenvalue weighted by Gasteiger charge is -2.35. The molecule has 0 atom stereocenters. The van der Waals surface area contributed by atoms with Crippen LogP contribution in [-0.4, -0.2) is 28.8 Å². The number of aryl methyl sites for hydroxylation is 2. The lowest BCUT2D eigenvalue weighted by Crippen LogP contribution is -2.42. The minimum atomic E-state index is 0.00319. The van der Waals surface area contributed by atoms with Crippen molar-refractivity contribution in [1.82, 2.24) is 9.78 Å². The zero-order valence-electron chi connectivity index (χ0n) is 17.8. The minimum Gasteiger partial charge on any atom is -0.371 e. The number of aromatic nitrogens is 2. The van der Waals surface area contributed by atoms with Gasteiger partial charge in [-0.3, -0.25) is 9.48 Å². The van der Waals surface area contributed by atoms with Crippen molar-refractivity contribution < 1.29 is 4.79 Å². The zero-order chi connectivity index (χ0) is 21.5. The molecule has 5 rings (SSSR count). The standard InChI is InChI=1S/C24H26ClN5O/c1-16-3-6-20(7-4-16)29-11-9-17(10-12-29)24(31)30-15-18-14-26-28(2)23(18)27-21-13-19(25)5-8-22(21)30/h3-8,13-14,17,27H,9-12,15H2,1-2H3. The third kappa shape index (κ3) is 3.76. The highest BCUT2D eigenvalue weighted by Crippen LogP contribution is 2.38. The summed E-state index contributed by atoms with van der Waals surface area (Å²) >= 11 is 6.26. The molecule has 2 aliphatic rings. The average molecular weight is 436 g/mol. The molecule has 2 aliphatic heterocycles. The van der Waals surface area contributed by atoms with Gasteiger partial charge in [0.05, 0.1) is 24.1 Å². The Hall–Kier alpha value is -2.99. The number of piperidine rings is 1. The summed E-state index contributed by atoms with van der Waals surface area (Å²) in [6, 6.07) is 14.3. The second-order valence-electron chi connectivity index (χ2n) is 8.45. The first-order valence-corrected chi connectivity index (χ1v) is 11.1. The Morgan fingerprint density at radius 3 is 2.61 bits per heavy atom. The van der Waals surface area contributed by atoms with Crippen LogP contribution in [0.25, 0.3) is 0 Å². The van der Waals surface area contributed by atoms with Crippen LogP contribution >= 0.6 is 11.6 Å². The van der Waals surface area contributed by atoms with Gasteiger partial charge in [0, 0.05) is 42.3 Å². The van der Waals surface area contributed by atoms with Gasteiger partial charge in [-0.15, -0.1) is 0 Å². The fraction of sp³-hybridized carbons (Fsp3) is 0.333. The molecule has 160 valence electrons. The summed E-state index contributed by atoms with van der Waals surface area (Å²) in [6.07, 6.45) is 3.52. The Morgan fingerprint density at radius 1 is 1.13 bits per heavy atom. The van der Waals surface area contributed by atoms with Crippen molar-refractivity contribution in [3.8, 4) is 0 Å². The van der Waals surface area contributed by atoms with E-state index in [4.69, 9.17) is 11.6 Å². The molecule has 0 aliphatic carbocycles. The Morgan fingerprint density at radius 2 is 1.87 bits per heavy atom. The summed E-state index contributed by atoms with van der Waals surface area (Å²) in [5.74, 6) is 1.07. The molecule has 1 aromatic heterocycles. The first-order valence-electron chi connectivity index (χ1n) is 10.7. The maximum absolute atomic E-state index is 13.7. The predicted molar refractivity (Wildman–Crippen MR) is 125 cm³/mol. The quantitative estimate of drug-likeness (QED) is 0.622. The number of halogens is 1. The normalized spacial score (nSPS) is 16.4. The van der Waals surface area contributed by atoms with Gasteiger partial charge < -0.3 is 15.1 Å². The number of hydrogen-bond donors (Lipinski definition) is 1. The maximum atomic E-state index is 13.7. The van der Waals surface area contributed by atoms with Crippen LogP contribution in [-0.2, 0) is 18.4 Å². The van der Waals surface area contributed by atoms with E-state index >= 15 is 0 Å². The molecule has 3 heterocycles. The van der Waals surface area contributed by atoms with Gasteiger partial charge in [0.2, 0.25) is 5.91 Å². The highest BCUT2D eigenvalue weighted by molar-refractivity contribution is 6.31. The van der Waals surface area contributed by atoms with E-state index in [9.17, 15) is 4.79 Å². The number of carbonyl (C=O) groups is 1. The van der Waals surface area contributed by atoms with Crippen LogP contribution in [0.3, 0.4) is 0 Å². The number of carbonyl (C=O) groups excluding carboxylic acids is 1. The Kier molecular flexibility index (Phi) is 5.10. The van der Waals surface area contributed by atoms with Crippen molar-refractivity contribution >= 4 is 40.4 Å². The minimum absolute atomic E-state index is 0.00319. The van der Waals surface area contributed by atoms with Gasteiger partial charge in [0.25, 0.3) is 0 Å². The molecule has 1 fully saturated rings. The summed E-state index contributed by atoms with van der Waals surface area (Å²) in [6.45, 7) is 4.37. The summed E-state index contributed by atoms with van der Waals surface area (Å²) < 4.78 is 1.80. The van der Waals surface area contributed by atoms with Gasteiger partial charge in [-0.25, -0.2) is 0 Å². The van der Waals surface area contributed by atoms with E-state index in [-0.39, 0.29) is 11.8 Å². The molecule has 0 unspecified atom stereocenters. The molecule has 0 bridgehead atoms. The Balaban J connectivity index is 1.38. The second kappa shape index (κ2) is 7.93. The van der Waals surface area contributed by atoms with E-state index in [2.05, 4.69) is 46.5 Å². The maximum Gasteiger partial charge on any atom is 0.230 e. The van der Waals surface area contributed by atoms with Crippen molar-refractivity contribution in [2.24, 2.45) is 13.0 Å². The summed E-state index contributed by atoms with van der Waals surface area (Å²) in [5.41, 5.74) is 5.19. The molecule has 1 amide bonds. The highest BCUT2D eigenvalue weighted by Gasteiger charge is 2.33. The number of nitrogens with zero attached hydrogens (tertiary/aromatic N) is 4. The van der Waals surface area contributed by atoms with E-state index in [0.29, 0.717) is 11.6 Å². The van der Waals surface area contributed by atoms with Crippen molar-refractivity contribution in [2.45, 2.75) is 26.3 Å². The molecular weight excluding hydrogens is 410 g/mol. The van der Waals surface area contributed by atoms with Crippen LogP contribution in [0.2, 0.25) is 5.02 Å². The van der Waals surface area contributed by atoms with Crippen molar-refractivity contribution in [3.05, 3.63) is 64.8 Å². The summed E-state index contributed by atoms with van der Waals surface area (Å²) in [7, 11) is 1.90. The number of amides is 1. The van der Waals surface area contributed by atoms with Crippen molar-refractivity contribution in [3.63, 3.8) is 0 Å². The average Bonchev–Trinajstić information content (AvgIpc) is 3.02. The molecule has 0 saturated carbocycles. The van der Waals surface area contributed by atoms with Gasteiger partial charge in [-0.1, -0.05) is 29.3 Å². The van der Waals surface area contributed by atoms with Crippen LogP contribution in [0.5, 0.6) is 0 Å². The summed E-state index contributed by atoms with van der Waals surface area (Å²) in [4.78, 5) is 18.0. The number of hydrogen-bond acceptors (Lipinski definition) is 4. The molecule has 6 nitrogen and oxygen atoms in total. The lowest BCUT2D eigenvalue weighted by molar-refractivity contribution is -0.123. The fourth-order valence-corrected chi connectivity index (χ4v) is 4.72. The number of rotatable bonds is 2. The van der Waals surface area contributed by atoms with E-state index < -0.39 is 0 Å². The smallest absolute Gasteiger partial charge is 0.230 e. The van der Waals surface area contributed by atoms with Crippen molar-refractivity contribution in [1.29, 1.82) is 0 Å². The fourth-order valence-electron chi connectivity index (χ4n) is 4.54. The van der Waals surface area contributed by atoms with E-state index in [0.717, 1.165) is 48.7 Å². The first-order chi connectivity index (χ1) is 15.0. The van der Waals surface area contributed by atoms with Gasteiger partial charge in [-0.05, 0) is 50.1 Å². The van der Waals surface area contributed by atoms with Crippen molar-refractivity contribution in [2.75, 3.05) is 28.2 Å². The molecule has 31 heavy (non-hydrogen) atoms. The molecule has 0 spiro atoms. The highest BCUT2D eigenvalue weighted by atomic mass is 35.5.